The number of benzene rings is 1. The Morgan fingerprint density at radius 1 is 1.27 bits per heavy atom. The van der Waals surface area contributed by atoms with E-state index in [0.29, 0.717) is 34.8 Å². The molecule has 3 rings (SSSR count). The van der Waals surface area contributed by atoms with Crippen LogP contribution in [-0.4, -0.2) is 31.2 Å². The smallest absolute Gasteiger partial charge is 0.271 e. The summed E-state index contributed by atoms with van der Waals surface area (Å²) in [6, 6.07) is 6.17. The zero-order valence-electron chi connectivity index (χ0n) is 14.0. The van der Waals surface area contributed by atoms with E-state index >= 15 is 0 Å². The molecule has 1 aromatic heterocycles. The van der Waals surface area contributed by atoms with Gasteiger partial charge in [0.1, 0.15) is 10.6 Å². The van der Waals surface area contributed by atoms with Gasteiger partial charge in [0.2, 0.25) is 5.96 Å². The van der Waals surface area contributed by atoms with Gasteiger partial charge in [0.25, 0.3) is 10.0 Å². The number of nitrogens with zero attached hydrogens (tertiary/aromatic N) is 3. The van der Waals surface area contributed by atoms with E-state index in [9.17, 15) is 8.42 Å². The summed E-state index contributed by atoms with van der Waals surface area (Å²) in [5, 5.41) is 8.03. The molecule has 26 heavy (non-hydrogen) atoms. The number of fused-ring (bicyclic) bond motifs is 1. The van der Waals surface area contributed by atoms with Gasteiger partial charge >= 0.3 is 0 Å². The lowest BCUT2D eigenvalue weighted by atomic mass is 9.96. The van der Waals surface area contributed by atoms with Crippen LogP contribution in [0.1, 0.15) is 24.1 Å². The van der Waals surface area contributed by atoms with Crippen molar-refractivity contribution in [2.24, 2.45) is 21.7 Å². The van der Waals surface area contributed by atoms with Crippen molar-refractivity contribution in [3.63, 3.8) is 0 Å². The van der Waals surface area contributed by atoms with Crippen molar-refractivity contribution in [1.29, 1.82) is 0 Å². The van der Waals surface area contributed by atoms with Crippen LogP contribution in [0.25, 0.3) is 0 Å². The van der Waals surface area contributed by atoms with E-state index in [1.54, 1.807) is 12.1 Å². The van der Waals surface area contributed by atoms with Gasteiger partial charge in [-0.25, -0.2) is 12.4 Å². The minimum Gasteiger partial charge on any atom is -0.495 e. The summed E-state index contributed by atoms with van der Waals surface area (Å²) in [6.45, 7) is 0. The molecule has 0 saturated carbocycles. The zero-order valence-corrected chi connectivity index (χ0v) is 15.6. The monoisotopic (exact) mass is 395 g/mol. The van der Waals surface area contributed by atoms with Crippen molar-refractivity contribution in [2.75, 3.05) is 7.11 Å². The van der Waals surface area contributed by atoms with E-state index in [1.807, 2.05) is 0 Å². The Kier molecular flexibility index (Phi) is 4.92. The van der Waals surface area contributed by atoms with Gasteiger partial charge < -0.3 is 16.2 Å². The summed E-state index contributed by atoms with van der Waals surface area (Å²) in [5.74, 6) is 0.0717. The first-order valence-corrected chi connectivity index (χ1v) is 9.61. The number of aromatic nitrogens is 1. The van der Waals surface area contributed by atoms with Crippen molar-refractivity contribution < 1.29 is 13.2 Å². The van der Waals surface area contributed by atoms with Gasteiger partial charge in [-0.05, 0) is 43.5 Å². The molecule has 0 atom stereocenters. The fourth-order valence-electron chi connectivity index (χ4n) is 2.92. The number of methoxy groups -OCH3 is 1. The average molecular weight is 396 g/mol. The quantitative estimate of drug-likeness (QED) is 0.463. The normalized spacial score (nSPS) is 15.5. The van der Waals surface area contributed by atoms with Gasteiger partial charge in [-0.1, -0.05) is 11.6 Å². The lowest BCUT2D eigenvalue weighted by molar-refractivity contribution is 0.402. The van der Waals surface area contributed by atoms with Crippen LogP contribution in [0, 0.1) is 0 Å². The van der Waals surface area contributed by atoms with Crippen molar-refractivity contribution >= 4 is 33.3 Å². The molecule has 0 unspecified atom stereocenters. The molecule has 0 amide bonds. The fraction of sp³-hybridized carbons (Fsp3) is 0.250. The van der Waals surface area contributed by atoms with Gasteiger partial charge in [0.15, 0.2) is 0 Å². The largest absolute Gasteiger partial charge is 0.495 e. The topological polar surface area (TPSA) is 125 Å². The number of halogens is 1. The minimum absolute atomic E-state index is 0.000754. The highest BCUT2D eigenvalue weighted by atomic mass is 35.5. The first-order chi connectivity index (χ1) is 12.3. The maximum atomic E-state index is 13.2. The van der Waals surface area contributed by atoms with Crippen molar-refractivity contribution in [3.8, 4) is 5.75 Å². The predicted molar refractivity (Wildman–Crippen MR) is 100 cm³/mol. The molecule has 0 bridgehead atoms. The molecule has 0 aliphatic heterocycles. The van der Waals surface area contributed by atoms with Crippen LogP contribution < -0.4 is 16.2 Å². The third kappa shape index (κ3) is 3.27. The van der Waals surface area contributed by atoms with Crippen LogP contribution in [0.3, 0.4) is 0 Å². The molecule has 0 radical (unpaired) electrons. The number of nitrogens with two attached hydrogens (primary N) is 2. The highest BCUT2D eigenvalue weighted by Gasteiger charge is 2.28. The highest BCUT2D eigenvalue weighted by molar-refractivity contribution is 7.90. The number of ether oxygens (including phenoxy) is 1. The van der Waals surface area contributed by atoms with Gasteiger partial charge in [-0.3, -0.25) is 0 Å². The molecule has 10 heteroatoms. The molecule has 2 aromatic rings. The Labute approximate surface area is 156 Å². The van der Waals surface area contributed by atoms with Crippen molar-refractivity contribution in [2.45, 2.75) is 24.2 Å². The first-order valence-electron chi connectivity index (χ1n) is 7.79. The summed E-state index contributed by atoms with van der Waals surface area (Å²) in [6.07, 6.45) is 3.48. The van der Waals surface area contributed by atoms with E-state index in [-0.39, 0.29) is 16.6 Å². The third-order valence-electron chi connectivity index (χ3n) is 4.04. The van der Waals surface area contributed by atoms with E-state index in [2.05, 4.69) is 10.2 Å². The first kappa shape index (κ1) is 18.3. The average Bonchev–Trinajstić information content (AvgIpc) is 3.05. The van der Waals surface area contributed by atoms with Crippen LogP contribution in [0.2, 0.25) is 5.02 Å². The standard InChI is InChI=1S/C16H18ClN5O3S/c1-25-14-6-5-10(17)9-15(14)26(23,24)22-8-7-11-12(20-21-16(18)19)3-2-4-13(11)22/h5-9H,2-4H2,1H3,(H4,18,19,21)/b20-12+. The zero-order chi connectivity index (χ0) is 18.9. The van der Waals surface area contributed by atoms with Crippen LogP contribution in [0.5, 0.6) is 5.75 Å². The molecular formula is C16H18ClN5O3S. The lowest BCUT2D eigenvalue weighted by Crippen LogP contribution is -2.23. The summed E-state index contributed by atoms with van der Waals surface area (Å²) < 4.78 is 32.8. The third-order valence-corrected chi connectivity index (χ3v) is 6.01. The predicted octanol–water partition coefficient (Wildman–Crippen LogP) is 1.70. The number of guanidine groups is 1. The second kappa shape index (κ2) is 7.00. The molecule has 1 aliphatic carbocycles. The molecule has 0 spiro atoms. The van der Waals surface area contributed by atoms with Crippen LogP contribution in [-0.2, 0) is 16.4 Å². The second-order valence-electron chi connectivity index (χ2n) is 5.70. The van der Waals surface area contributed by atoms with Crippen LogP contribution in [0.4, 0.5) is 0 Å². The Morgan fingerprint density at radius 2 is 2.04 bits per heavy atom. The highest BCUT2D eigenvalue weighted by Crippen LogP contribution is 2.32. The maximum Gasteiger partial charge on any atom is 0.271 e. The van der Waals surface area contributed by atoms with Gasteiger partial charge in [-0.15, -0.1) is 5.10 Å². The van der Waals surface area contributed by atoms with Crippen LogP contribution >= 0.6 is 11.6 Å². The molecular weight excluding hydrogens is 378 g/mol. The van der Waals surface area contributed by atoms with Gasteiger partial charge in [-0.2, -0.15) is 5.10 Å². The van der Waals surface area contributed by atoms with E-state index in [4.69, 9.17) is 27.8 Å². The Balaban J connectivity index is 2.14. The number of rotatable bonds is 4. The molecule has 0 fully saturated rings. The molecule has 1 aliphatic rings. The van der Waals surface area contributed by atoms with Crippen molar-refractivity contribution in [3.05, 3.63) is 46.7 Å². The number of hydrogen-bond donors (Lipinski definition) is 2. The fourth-order valence-corrected chi connectivity index (χ4v) is 4.75. The Hall–Kier alpha value is -2.52. The van der Waals surface area contributed by atoms with E-state index in [0.717, 1.165) is 6.42 Å². The molecule has 1 aromatic carbocycles. The molecule has 1 heterocycles. The summed E-state index contributed by atoms with van der Waals surface area (Å²) in [4.78, 5) is -0.000754. The Bertz CT molecular complexity index is 1010. The molecule has 0 saturated heterocycles. The molecule has 8 nitrogen and oxygen atoms in total. The molecule has 138 valence electrons. The second-order valence-corrected chi connectivity index (χ2v) is 7.92. The summed E-state index contributed by atoms with van der Waals surface area (Å²) >= 11 is 5.99. The molecule has 4 N–H and O–H groups in total. The summed E-state index contributed by atoms with van der Waals surface area (Å²) in [5.41, 5.74) is 12.6. The van der Waals surface area contributed by atoms with Crippen LogP contribution in [0.15, 0.2) is 45.6 Å². The van der Waals surface area contributed by atoms with E-state index in [1.165, 1.54) is 29.4 Å². The SMILES string of the molecule is COc1ccc(Cl)cc1S(=O)(=O)n1ccc2c1CCC/C2=N\N=C(N)N. The minimum atomic E-state index is -3.89. The number of hydrogen-bond acceptors (Lipinski definition) is 5. The van der Waals surface area contributed by atoms with E-state index < -0.39 is 10.0 Å². The van der Waals surface area contributed by atoms with Crippen molar-refractivity contribution in [1.82, 2.24) is 3.97 Å². The maximum absolute atomic E-state index is 13.2. The van der Waals surface area contributed by atoms with Gasteiger partial charge in [0, 0.05) is 22.5 Å². The lowest BCUT2D eigenvalue weighted by Gasteiger charge is -2.18. The van der Waals surface area contributed by atoms with Gasteiger partial charge in [0.05, 0.1) is 12.8 Å². The summed E-state index contributed by atoms with van der Waals surface area (Å²) in [7, 11) is -2.48. The Morgan fingerprint density at radius 3 is 2.73 bits per heavy atom.